The predicted octanol–water partition coefficient (Wildman–Crippen LogP) is 7.66. The smallest absolute Gasteiger partial charge is 0.255 e. The summed E-state index contributed by atoms with van der Waals surface area (Å²) in [6.45, 7) is 2.65. The summed E-state index contributed by atoms with van der Waals surface area (Å²) in [4.78, 5) is 32.2. The number of halogens is 3. The third-order valence-corrected chi connectivity index (χ3v) is 9.36. The fourth-order valence-electron chi connectivity index (χ4n) is 4.53. The largest absolute Gasteiger partial charge is 0.353 e. The van der Waals surface area contributed by atoms with Crippen LogP contribution in [0.2, 0.25) is 10.0 Å². The lowest BCUT2D eigenvalue weighted by Gasteiger charge is -2.32. The van der Waals surface area contributed by atoms with Crippen LogP contribution in [0, 0.1) is 0 Å². The van der Waals surface area contributed by atoms with E-state index >= 15 is 0 Å². The van der Waals surface area contributed by atoms with Crippen LogP contribution < -0.4 is 10.6 Å². The number of carbonyl (C=O) groups is 2. The second-order valence-electron chi connectivity index (χ2n) is 9.55. The molecule has 0 spiro atoms. The Balaban J connectivity index is 0.00000387. The maximum Gasteiger partial charge on any atom is 0.255 e. The topological polar surface area (TPSA) is 74.3 Å². The van der Waals surface area contributed by atoms with Gasteiger partial charge in [-0.05, 0) is 54.8 Å². The van der Waals surface area contributed by atoms with Crippen molar-refractivity contribution >= 4 is 76.2 Å². The third-order valence-electron chi connectivity index (χ3n) is 6.60. The Labute approximate surface area is 264 Å². The highest BCUT2D eigenvalue weighted by Gasteiger charge is 2.21. The van der Waals surface area contributed by atoms with E-state index in [1.807, 2.05) is 66.0 Å². The Hall–Kier alpha value is -2.59. The number of rotatable bonds is 9. The molecule has 0 radical (unpaired) electrons. The summed E-state index contributed by atoms with van der Waals surface area (Å²) >= 11 is 15.1. The SMILES string of the molecule is Cl.O=C(CSc1nc(-c2cccc(NC(=O)c3ccccc3)c2)cs1)NC1CCN(Cc2ccc(Cl)c(Cl)c2)CC1. The number of piperidine rings is 1. The minimum absolute atomic E-state index is 0. The minimum Gasteiger partial charge on any atom is -0.353 e. The van der Waals surface area contributed by atoms with Crippen LogP contribution in [-0.2, 0) is 11.3 Å². The molecule has 1 fully saturated rings. The second-order valence-corrected chi connectivity index (χ2v) is 12.4. The lowest BCUT2D eigenvalue weighted by atomic mass is 10.0. The molecule has 0 unspecified atom stereocenters. The van der Waals surface area contributed by atoms with Crippen LogP contribution in [-0.4, -0.2) is 46.6 Å². The van der Waals surface area contributed by atoms with Crippen molar-refractivity contribution in [1.29, 1.82) is 0 Å². The van der Waals surface area contributed by atoms with E-state index in [1.165, 1.54) is 23.1 Å². The first-order valence-electron chi connectivity index (χ1n) is 12.9. The molecule has 1 aliphatic heterocycles. The Morgan fingerprint density at radius 1 is 0.976 bits per heavy atom. The van der Waals surface area contributed by atoms with Gasteiger partial charge in [-0.15, -0.1) is 23.7 Å². The van der Waals surface area contributed by atoms with Crippen molar-refractivity contribution in [1.82, 2.24) is 15.2 Å². The Morgan fingerprint density at radius 3 is 2.51 bits per heavy atom. The number of aromatic nitrogens is 1. The lowest BCUT2D eigenvalue weighted by molar-refractivity contribution is -0.119. The van der Waals surface area contributed by atoms with Gasteiger partial charge in [-0.2, -0.15) is 0 Å². The lowest BCUT2D eigenvalue weighted by Crippen LogP contribution is -2.44. The highest BCUT2D eigenvalue weighted by atomic mass is 35.5. The van der Waals surface area contributed by atoms with Crippen LogP contribution >= 0.6 is 58.7 Å². The zero-order valence-electron chi connectivity index (χ0n) is 22.0. The molecule has 2 heterocycles. The van der Waals surface area contributed by atoms with Crippen LogP contribution in [0.3, 0.4) is 0 Å². The molecule has 214 valence electrons. The molecule has 11 heteroatoms. The van der Waals surface area contributed by atoms with Crippen molar-refractivity contribution in [3.05, 3.63) is 99.3 Å². The van der Waals surface area contributed by atoms with E-state index in [0.717, 1.165) is 53.6 Å². The van der Waals surface area contributed by atoms with Crippen molar-refractivity contribution in [3.8, 4) is 11.3 Å². The van der Waals surface area contributed by atoms with Gasteiger partial charge in [0.2, 0.25) is 5.91 Å². The highest BCUT2D eigenvalue weighted by molar-refractivity contribution is 8.01. The normalized spacial score (nSPS) is 13.8. The van der Waals surface area contributed by atoms with Gasteiger partial charge in [-0.3, -0.25) is 14.5 Å². The average Bonchev–Trinajstić information content (AvgIpc) is 3.45. The van der Waals surface area contributed by atoms with E-state index in [-0.39, 0.29) is 30.3 Å². The standard InChI is InChI=1S/C30H28Cl2N4O2S2.ClH/c31-25-10-9-20(15-26(25)32)17-36-13-11-23(12-14-36)33-28(37)19-40-30-35-27(18-39-30)22-7-4-8-24(16-22)34-29(38)21-5-2-1-3-6-21;/h1-10,15-16,18,23H,11-14,17,19H2,(H,33,37)(H,34,38);1H. The van der Waals surface area contributed by atoms with Gasteiger partial charge in [0.15, 0.2) is 4.34 Å². The number of thioether (sulfide) groups is 1. The van der Waals surface area contributed by atoms with E-state index in [4.69, 9.17) is 28.2 Å². The molecule has 41 heavy (non-hydrogen) atoms. The summed E-state index contributed by atoms with van der Waals surface area (Å²) in [5.74, 6) is 0.189. The number of nitrogens with one attached hydrogen (secondary N) is 2. The summed E-state index contributed by atoms with van der Waals surface area (Å²) in [5, 5.41) is 9.23. The average molecular weight is 648 g/mol. The zero-order valence-corrected chi connectivity index (χ0v) is 26.0. The van der Waals surface area contributed by atoms with Gasteiger partial charge in [0, 0.05) is 47.9 Å². The molecule has 0 aliphatic carbocycles. The van der Waals surface area contributed by atoms with Gasteiger partial charge < -0.3 is 10.6 Å². The predicted molar refractivity (Wildman–Crippen MR) is 173 cm³/mol. The van der Waals surface area contributed by atoms with Crippen LogP contribution in [0.4, 0.5) is 5.69 Å². The van der Waals surface area contributed by atoms with E-state index in [9.17, 15) is 9.59 Å². The molecular formula is C30H29Cl3N4O2S2. The molecule has 5 rings (SSSR count). The number of hydrogen-bond donors (Lipinski definition) is 2. The van der Waals surface area contributed by atoms with Gasteiger partial charge >= 0.3 is 0 Å². The summed E-state index contributed by atoms with van der Waals surface area (Å²) in [6.07, 6.45) is 1.83. The Kier molecular flexibility index (Phi) is 11.5. The maximum absolute atomic E-state index is 12.6. The molecule has 2 amide bonds. The number of nitrogens with zero attached hydrogens (tertiary/aromatic N) is 2. The number of anilines is 1. The van der Waals surface area contributed by atoms with Crippen LogP contribution in [0.1, 0.15) is 28.8 Å². The van der Waals surface area contributed by atoms with Crippen LogP contribution in [0.15, 0.2) is 82.5 Å². The summed E-state index contributed by atoms with van der Waals surface area (Å²) in [7, 11) is 0. The zero-order chi connectivity index (χ0) is 27.9. The molecule has 0 bridgehead atoms. The van der Waals surface area contributed by atoms with Crippen molar-refractivity contribution in [2.45, 2.75) is 29.8 Å². The molecule has 2 N–H and O–H groups in total. The van der Waals surface area contributed by atoms with E-state index in [0.29, 0.717) is 27.0 Å². The number of amides is 2. The quantitative estimate of drug-likeness (QED) is 0.183. The summed E-state index contributed by atoms with van der Waals surface area (Å²) in [5.41, 5.74) is 4.17. The Bertz CT molecular complexity index is 1480. The first-order valence-corrected chi connectivity index (χ1v) is 15.6. The van der Waals surface area contributed by atoms with Crippen molar-refractivity contribution in [2.24, 2.45) is 0 Å². The monoisotopic (exact) mass is 646 g/mol. The number of hydrogen-bond acceptors (Lipinski definition) is 6. The fraction of sp³-hybridized carbons (Fsp3) is 0.233. The van der Waals surface area contributed by atoms with Crippen molar-refractivity contribution in [2.75, 3.05) is 24.2 Å². The molecule has 1 aliphatic rings. The fourth-order valence-corrected chi connectivity index (χ4v) is 6.50. The first kappa shape index (κ1) is 31.3. The van der Waals surface area contributed by atoms with Gasteiger partial charge in [-0.1, -0.05) is 71.4 Å². The molecule has 1 saturated heterocycles. The molecule has 6 nitrogen and oxygen atoms in total. The first-order chi connectivity index (χ1) is 19.4. The molecule has 0 atom stereocenters. The maximum atomic E-state index is 12.6. The number of likely N-dealkylation sites (tertiary alicyclic amines) is 1. The second kappa shape index (κ2) is 15.0. The van der Waals surface area contributed by atoms with Gasteiger partial charge in [0.05, 0.1) is 21.5 Å². The van der Waals surface area contributed by atoms with Crippen molar-refractivity contribution in [3.63, 3.8) is 0 Å². The molecule has 1 aromatic heterocycles. The summed E-state index contributed by atoms with van der Waals surface area (Å²) < 4.78 is 0.834. The molecular weight excluding hydrogens is 619 g/mol. The van der Waals surface area contributed by atoms with Crippen LogP contribution in [0.5, 0.6) is 0 Å². The molecule has 3 aromatic carbocycles. The minimum atomic E-state index is -0.157. The summed E-state index contributed by atoms with van der Waals surface area (Å²) in [6, 6.07) is 22.7. The molecule has 0 saturated carbocycles. The number of thiazole rings is 1. The van der Waals surface area contributed by atoms with Gasteiger partial charge in [0.1, 0.15) is 0 Å². The van der Waals surface area contributed by atoms with Gasteiger partial charge in [0.25, 0.3) is 5.91 Å². The van der Waals surface area contributed by atoms with Crippen molar-refractivity contribution < 1.29 is 9.59 Å². The number of carbonyl (C=O) groups excluding carboxylic acids is 2. The third kappa shape index (κ3) is 8.95. The highest BCUT2D eigenvalue weighted by Crippen LogP contribution is 2.30. The van der Waals surface area contributed by atoms with E-state index in [2.05, 4.69) is 15.5 Å². The number of benzene rings is 3. The molecule has 4 aromatic rings. The van der Waals surface area contributed by atoms with Gasteiger partial charge in [-0.25, -0.2) is 4.98 Å². The Morgan fingerprint density at radius 2 is 1.76 bits per heavy atom. The van der Waals surface area contributed by atoms with E-state index < -0.39 is 0 Å². The van der Waals surface area contributed by atoms with E-state index in [1.54, 1.807) is 12.1 Å². The van der Waals surface area contributed by atoms with Crippen LogP contribution in [0.25, 0.3) is 11.3 Å².